The zero-order chi connectivity index (χ0) is 25.7. The van der Waals surface area contributed by atoms with Crippen LogP contribution in [0.25, 0.3) is 22.3 Å². The Morgan fingerprint density at radius 1 is 0.917 bits per heavy atom. The monoisotopic (exact) mass is 509 g/mol. The number of fused-ring (bicyclic) bond motifs is 1. The van der Waals surface area contributed by atoms with Gasteiger partial charge >= 0.3 is 0 Å². The molecule has 8 nitrogen and oxygen atoms in total. The number of nitrogens with one attached hydrogen (secondary N) is 2. The number of ether oxygens (including phenoxy) is 1. The first-order chi connectivity index (χ1) is 17.2. The van der Waals surface area contributed by atoms with Gasteiger partial charge in [-0.05, 0) is 68.3 Å². The summed E-state index contributed by atoms with van der Waals surface area (Å²) < 4.78 is 45.9. The number of sulfonamides is 1. The number of hydrogen-bond donors (Lipinski definition) is 2. The molecule has 0 bridgehead atoms. The quantitative estimate of drug-likeness (QED) is 0.320. The van der Waals surface area contributed by atoms with Gasteiger partial charge in [0.15, 0.2) is 5.52 Å². The predicted molar refractivity (Wildman–Crippen MR) is 139 cm³/mol. The molecule has 2 aromatic carbocycles. The molecule has 0 atom stereocenters. The molecular weight excluding hydrogens is 481 g/mol. The van der Waals surface area contributed by atoms with Gasteiger partial charge in [0.2, 0.25) is 21.9 Å². The van der Waals surface area contributed by atoms with Crippen molar-refractivity contribution in [2.75, 3.05) is 11.9 Å². The molecule has 0 aliphatic carbocycles. The third kappa shape index (κ3) is 6.52. The summed E-state index contributed by atoms with van der Waals surface area (Å²) in [6.45, 7) is 6.29. The number of nitrogens with zero attached hydrogens (tertiary/aromatic N) is 3. The fraction of sp³-hybridized carbons (Fsp3) is 0.269. The van der Waals surface area contributed by atoms with Crippen LogP contribution in [0.1, 0.15) is 31.9 Å². The SMILES string of the molecule is CCOc1nc(NCc2ccc(CS(=O)(=O)NC(C)C)cc2)nc2ccc(-c3ccc(F)cc3)nc12. The van der Waals surface area contributed by atoms with E-state index in [2.05, 4.69) is 25.0 Å². The molecule has 2 heterocycles. The molecule has 0 aliphatic rings. The minimum atomic E-state index is -3.38. The van der Waals surface area contributed by atoms with E-state index in [1.807, 2.05) is 31.2 Å². The van der Waals surface area contributed by atoms with Gasteiger partial charge in [-0.15, -0.1) is 0 Å². The molecule has 0 aliphatic heterocycles. The summed E-state index contributed by atoms with van der Waals surface area (Å²) in [7, 11) is -3.38. The van der Waals surface area contributed by atoms with Gasteiger partial charge in [-0.3, -0.25) is 0 Å². The van der Waals surface area contributed by atoms with Gasteiger partial charge in [0.1, 0.15) is 5.82 Å². The first-order valence-corrected chi connectivity index (χ1v) is 13.3. The zero-order valence-electron chi connectivity index (χ0n) is 20.3. The van der Waals surface area contributed by atoms with E-state index in [1.165, 1.54) is 12.1 Å². The molecule has 0 saturated heterocycles. The molecule has 2 N–H and O–H groups in total. The summed E-state index contributed by atoms with van der Waals surface area (Å²) in [6, 6.07) is 17.0. The third-order valence-corrected chi connectivity index (χ3v) is 6.72. The van der Waals surface area contributed by atoms with Gasteiger partial charge in [0.05, 0.1) is 23.6 Å². The lowest BCUT2D eigenvalue weighted by Crippen LogP contribution is -2.31. The summed E-state index contributed by atoms with van der Waals surface area (Å²) in [4.78, 5) is 13.7. The number of pyridine rings is 1. The van der Waals surface area contributed by atoms with Crippen LogP contribution >= 0.6 is 0 Å². The van der Waals surface area contributed by atoms with Gasteiger partial charge in [-0.1, -0.05) is 24.3 Å². The fourth-order valence-electron chi connectivity index (χ4n) is 3.64. The lowest BCUT2D eigenvalue weighted by atomic mass is 10.1. The largest absolute Gasteiger partial charge is 0.476 e. The first kappa shape index (κ1) is 25.5. The Balaban J connectivity index is 1.51. The molecule has 188 valence electrons. The van der Waals surface area contributed by atoms with E-state index >= 15 is 0 Å². The maximum absolute atomic E-state index is 13.3. The highest BCUT2D eigenvalue weighted by atomic mass is 32.2. The number of benzene rings is 2. The van der Waals surface area contributed by atoms with Crippen LogP contribution in [0.2, 0.25) is 0 Å². The number of hydrogen-bond acceptors (Lipinski definition) is 7. The van der Waals surface area contributed by atoms with Gasteiger partial charge in [0, 0.05) is 18.2 Å². The molecule has 0 unspecified atom stereocenters. The zero-order valence-corrected chi connectivity index (χ0v) is 21.1. The van der Waals surface area contributed by atoms with Crippen molar-refractivity contribution in [2.24, 2.45) is 0 Å². The van der Waals surface area contributed by atoms with E-state index < -0.39 is 10.0 Å². The number of aromatic nitrogens is 3. The Kier molecular flexibility index (Phi) is 7.76. The van der Waals surface area contributed by atoms with Crippen LogP contribution in [-0.2, 0) is 22.3 Å². The van der Waals surface area contributed by atoms with Crippen LogP contribution in [0, 0.1) is 5.82 Å². The van der Waals surface area contributed by atoms with Gasteiger partial charge in [-0.25, -0.2) is 27.5 Å². The average Bonchev–Trinajstić information content (AvgIpc) is 2.83. The van der Waals surface area contributed by atoms with Crippen molar-refractivity contribution >= 4 is 27.0 Å². The van der Waals surface area contributed by atoms with Crippen LogP contribution in [0.3, 0.4) is 0 Å². The Bertz CT molecular complexity index is 1440. The topological polar surface area (TPSA) is 106 Å². The van der Waals surface area contributed by atoms with Gasteiger partial charge < -0.3 is 10.1 Å². The normalized spacial score (nSPS) is 11.7. The molecule has 0 amide bonds. The molecule has 10 heteroatoms. The first-order valence-electron chi connectivity index (χ1n) is 11.6. The Hall–Kier alpha value is -3.63. The molecule has 0 radical (unpaired) electrons. The van der Waals surface area contributed by atoms with Crippen LogP contribution in [0.15, 0.2) is 60.7 Å². The number of rotatable bonds is 10. The lowest BCUT2D eigenvalue weighted by molar-refractivity contribution is 0.330. The second kappa shape index (κ2) is 11.0. The van der Waals surface area contributed by atoms with E-state index in [9.17, 15) is 12.8 Å². The molecule has 0 fully saturated rings. The highest BCUT2D eigenvalue weighted by Crippen LogP contribution is 2.27. The Morgan fingerprint density at radius 2 is 1.61 bits per heavy atom. The molecule has 0 spiro atoms. The summed E-state index contributed by atoms with van der Waals surface area (Å²) in [5, 5.41) is 3.20. The minimum absolute atomic E-state index is 0.0721. The highest BCUT2D eigenvalue weighted by molar-refractivity contribution is 7.88. The standard InChI is InChI=1S/C26H28FN5O3S/c1-4-35-25-24-23(14-13-22(29-24)20-9-11-21(27)12-10-20)30-26(31-25)28-15-18-5-7-19(8-6-18)16-36(33,34)32-17(2)3/h5-14,17,32H,4,15-16H2,1-3H3,(H,28,30,31). The third-order valence-electron chi connectivity index (χ3n) is 5.18. The van der Waals surface area contributed by atoms with E-state index in [-0.39, 0.29) is 17.6 Å². The molecule has 0 saturated carbocycles. The van der Waals surface area contributed by atoms with Crippen LogP contribution < -0.4 is 14.8 Å². The van der Waals surface area contributed by atoms with Crippen molar-refractivity contribution in [3.63, 3.8) is 0 Å². The van der Waals surface area contributed by atoms with E-state index in [0.29, 0.717) is 47.3 Å². The number of anilines is 1. The van der Waals surface area contributed by atoms with E-state index in [1.54, 1.807) is 38.1 Å². The van der Waals surface area contributed by atoms with Crippen LogP contribution in [0.5, 0.6) is 5.88 Å². The van der Waals surface area contributed by atoms with Crippen molar-refractivity contribution < 1.29 is 17.5 Å². The highest BCUT2D eigenvalue weighted by Gasteiger charge is 2.14. The smallest absolute Gasteiger partial charge is 0.245 e. The van der Waals surface area contributed by atoms with Crippen molar-refractivity contribution in [2.45, 2.75) is 39.1 Å². The molecule has 36 heavy (non-hydrogen) atoms. The van der Waals surface area contributed by atoms with Crippen LogP contribution in [0.4, 0.5) is 10.3 Å². The summed E-state index contributed by atoms with van der Waals surface area (Å²) in [6.07, 6.45) is 0. The van der Waals surface area contributed by atoms with Gasteiger partial charge in [0.25, 0.3) is 0 Å². The van der Waals surface area contributed by atoms with Gasteiger partial charge in [-0.2, -0.15) is 4.98 Å². The van der Waals surface area contributed by atoms with E-state index in [4.69, 9.17) is 4.74 Å². The maximum Gasteiger partial charge on any atom is 0.245 e. The average molecular weight is 510 g/mol. The van der Waals surface area contributed by atoms with Crippen molar-refractivity contribution in [1.82, 2.24) is 19.7 Å². The van der Waals surface area contributed by atoms with Crippen molar-refractivity contribution in [3.8, 4) is 17.1 Å². The predicted octanol–water partition coefficient (Wildman–Crippen LogP) is 4.67. The minimum Gasteiger partial charge on any atom is -0.476 e. The second-order valence-electron chi connectivity index (χ2n) is 8.56. The van der Waals surface area contributed by atoms with Crippen LogP contribution in [-0.4, -0.2) is 36.0 Å². The maximum atomic E-state index is 13.3. The Labute approximate surface area is 210 Å². The fourth-order valence-corrected chi connectivity index (χ4v) is 5.07. The summed E-state index contributed by atoms with van der Waals surface area (Å²) >= 11 is 0. The number of halogens is 1. The summed E-state index contributed by atoms with van der Waals surface area (Å²) in [5.41, 5.74) is 4.22. The Morgan fingerprint density at radius 3 is 2.28 bits per heavy atom. The molecule has 4 aromatic rings. The van der Waals surface area contributed by atoms with Crippen molar-refractivity contribution in [1.29, 1.82) is 0 Å². The molecule has 4 rings (SSSR count). The lowest BCUT2D eigenvalue weighted by Gasteiger charge is -2.12. The molecular formula is C26H28FN5O3S. The van der Waals surface area contributed by atoms with E-state index in [0.717, 1.165) is 11.1 Å². The second-order valence-corrected chi connectivity index (χ2v) is 10.3. The summed E-state index contributed by atoms with van der Waals surface area (Å²) in [5.74, 6) is 0.357. The van der Waals surface area contributed by atoms with Crippen molar-refractivity contribution in [3.05, 3.63) is 77.6 Å². The molecule has 2 aromatic heterocycles.